The van der Waals surface area contributed by atoms with Gasteiger partial charge in [0.2, 0.25) is 0 Å². The summed E-state index contributed by atoms with van der Waals surface area (Å²) in [6.07, 6.45) is 2.57. The summed E-state index contributed by atoms with van der Waals surface area (Å²) >= 11 is 1.65. The molecule has 0 saturated heterocycles. The van der Waals surface area contributed by atoms with E-state index in [0.29, 0.717) is 0 Å². The minimum atomic E-state index is -0.0135. The van der Waals surface area contributed by atoms with Crippen molar-refractivity contribution in [1.82, 2.24) is 10.3 Å². The van der Waals surface area contributed by atoms with Crippen LogP contribution < -0.4 is 5.32 Å². The Morgan fingerprint density at radius 3 is 2.92 bits per heavy atom. The highest BCUT2D eigenvalue weighted by Gasteiger charge is 2.15. The van der Waals surface area contributed by atoms with Crippen LogP contribution in [0, 0.1) is 0 Å². The topological polar surface area (TPSA) is 45.1 Å². The van der Waals surface area contributed by atoms with Crippen LogP contribution in [0.25, 0.3) is 0 Å². The summed E-state index contributed by atoms with van der Waals surface area (Å²) in [4.78, 5) is 4.17. The van der Waals surface area contributed by atoms with Crippen molar-refractivity contribution in [1.29, 1.82) is 0 Å². The van der Waals surface area contributed by atoms with Crippen molar-refractivity contribution in [3.63, 3.8) is 0 Å². The van der Waals surface area contributed by atoms with E-state index in [1.807, 2.05) is 5.38 Å². The molecule has 1 aromatic heterocycles. The van der Waals surface area contributed by atoms with E-state index in [-0.39, 0.29) is 12.1 Å². The maximum absolute atomic E-state index is 8.81. The third-order valence-corrected chi connectivity index (χ3v) is 2.72. The van der Waals surface area contributed by atoms with Crippen LogP contribution in [0.4, 0.5) is 0 Å². The van der Waals surface area contributed by atoms with Gasteiger partial charge in [-0.25, -0.2) is 4.98 Å². The first-order valence-corrected chi connectivity index (χ1v) is 5.26. The Morgan fingerprint density at radius 1 is 1.62 bits per heavy atom. The highest BCUT2D eigenvalue weighted by molar-refractivity contribution is 7.09. The van der Waals surface area contributed by atoms with Crippen LogP contribution >= 0.6 is 11.3 Å². The lowest BCUT2D eigenvalue weighted by molar-refractivity contribution is 0.230. The molecule has 0 aliphatic carbocycles. The molecule has 1 heterocycles. The average molecular weight is 200 g/mol. The van der Waals surface area contributed by atoms with Crippen LogP contribution in [0.5, 0.6) is 0 Å². The zero-order chi connectivity index (χ0) is 9.73. The number of nitrogens with one attached hydrogen (secondary N) is 1. The lowest BCUT2D eigenvalue weighted by Crippen LogP contribution is -2.39. The molecule has 0 aromatic carbocycles. The summed E-state index contributed by atoms with van der Waals surface area (Å²) in [7, 11) is 0. The number of aromatic nitrogens is 1. The van der Waals surface area contributed by atoms with E-state index in [1.165, 1.54) is 0 Å². The van der Waals surface area contributed by atoms with Gasteiger partial charge in [-0.2, -0.15) is 0 Å². The van der Waals surface area contributed by atoms with Gasteiger partial charge in [0.15, 0.2) is 0 Å². The van der Waals surface area contributed by atoms with Crippen molar-refractivity contribution in [3.8, 4) is 0 Å². The molecule has 2 N–H and O–H groups in total. The van der Waals surface area contributed by atoms with Crippen molar-refractivity contribution in [2.75, 3.05) is 6.61 Å². The number of thiazole rings is 1. The van der Waals surface area contributed by atoms with Crippen molar-refractivity contribution in [2.24, 2.45) is 0 Å². The molecule has 0 fully saturated rings. The molecule has 0 aliphatic heterocycles. The molecule has 74 valence electrons. The monoisotopic (exact) mass is 200 g/mol. The molecule has 0 spiro atoms. The van der Waals surface area contributed by atoms with E-state index in [4.69, 9.17) is 5.11 Å². The van der Waals surface area contributed by atoms with Crippen molar-refractivity contribution in [3.05, 3.63) is 16.6 Å². The maximum Gasteiger partial charge on any atom is 0.106 e. The molecular formula is C9H16N2OS. The first-order valence-electron chi connectivity index (χ1n) is 4.38. The van der Waals surface area contributed by atoms with Crippen LogP contribution in [0.1, 0.15) is 25.3 Å². The van der Waals surface area contributed by atoms with Gasteiger partial charge in [0.05, 0.1) is 0 Å². The summed E-state index contributed by atoms with van der Waals surface area (Å²) in [5.41, 5.74) is -0.0135. The summed E-state index contributed by atoms with van der Waals surface area (Å²) in [5, 5.41) is 15.2. The van der Waals surface area contributed by atoms with E-state index in [9.17, 15) is 0 Å². The molecule has 0 atom stereocenters. The van der Waals surface area contributed by atoms with Gasteiger partial charge >= 0.3 is 0 Å². The van der Waals surface area contributed by atoms with Gasteiger partial charge in [-0.05, 0) is 20.3 Å². The van der Waals surface area contributed by atoms with Crippen LogP contribution in [-0.2, 0) is 6.54 Å². The maximum atomic E-state index is 8.81. The predicted octanol–water partition coefficient (Wildman–Crippen LogP) is 1.39. The van der Waals surface area contributed by atoms with Gasteiger partial charge in [0.25, 0.3) is 0 Å². The molecule has 3 nitrogen and oxygen atoms in total. The lowest BCUT2D eigenvalue weighted by atomic mass is 10.0. The Bertz CT molecular complexity index is 234. The average Bonchev–Trinajstić information content (AvgIpc) is 2.52. The smallest absolute Gasteiger partial charge is 0.106 e. The third-order valence-electron chi connectivity index (χ3n) is 1.94. The molecule has 0 unspecified atom stereocenters. The zero-order valence-corrected chi connectivity index (χ0v) is 8.90. The van der Waals surface area contributed by atoms with E-state index < -0.39 is 0 Å². The van der Waals surface area contributed by atoms with E-state index in [0.717, 1.165) is 18.0 Å². The van der Waals surface area contributed by atoms with Crippen molar-refractivity contribution >= 4 is 11.3 Å². The van der Waals surface area contributed by atoms with Gasteiger partial charge in [-0.3, -0.25) is 0 Å². The largest absolute Gasteiger partial charge is 0.396 e. The standard InChI is InChI=1S/C9H16N2OS/c1-9(2,3-5-12)11-7-8-10-4-6-13-8/h4,6,11-12H,3,5,7H2,1-2H3. The number of hydrogen-bond acceptors (Lipinski definition) is 4. The molecular weight excluding hydrogens is 184 g/mol. The fourth-order valence-corrected chi connectivity index (χ4v) is 1.58. The second-order valence-electron chi connectivity index (χ2n) is 3.64. The van der Waals surface area contributed by atoms with Crippen LogP contribution in [-0.4, -0.2) is 22.2 Å². The Balaban J connectivity index is 2.33. The quantitative estimate of drug-likeness (QED) is 0.755. The molecule has 0 aliphatic rings. The van der Waals surface area contributed by atoms with E-state index in [2.05, 4.69) is 24.1 Å². The Kier molecular flexibility index (Phi) is 3.84. The highest BCUT2D eigenvalue weighted by Crippen LogP contribution is 2.10. The molecule has 0 bridgehead atoms. The number of rotatable bonds is 5. The molecule has 0 radical (unpaired) electrons. The number of aliphatic hydroxyl groups excluding tert-OH is 1. The predicted molar refractivity (Wildman–Crippen MR) is 54.7 cm³/mol. The minimum absolute atomic E-state index is 0.0135. The molecule has 0 amide bonds. The molecule has 1 rings (SSSR count). The number of aliphatic hydroxyl groups is 1. The summed E-state index contributed by atoms with van der Waals surface area (Å²) < 4.78 is 0. The van der Waals surface area contributed by atoms with Crippen molar-refractivity contribution < 1.29 is 5.11 Å². The fourth-order valence-electron chi connectivity index (χ4n) is 1.02. The first-order chi connectivity index (χ1) is 6.14. The Labute approximate surface area is 82.8 Å². The van der Waals surface area contributed by atoms with Crippen LogP contribution in [0.15, 0.2) is 11.6 Å². The van der Waals surface area contributed by atoms with E-state index >= 15 is 0 Å². The third kappa shape index (κ3) is 3.85. The number of nitrogens with zero attached hydrogens (tertiary/aromatic N) is 1. The summed E-state index contributed by atoms with van der Waals surface area (Å²) in [6, 6.07) is 0. The van der Waals surface area contributed by atoms with Gasteiger partial charge in [0, 0.05) is 30.3 Å². The normalized spacial score (nSPS) is 11.9. The zero-order valence-electron chi connectivity index (χ0n) is 8.08. The SMILES string of the molecule is CC(C)(CCO)NCc1nccs1. The first kappa shape index (κ1) is 10.6. The molecule has 1 aromatic rings. The second kappa shape index (κ2) is 4.69. The Morgan fingerprint density at radius 2 is 2.38 bits per heavy atom. The van der Waals surface area contributed by atoms with Gasteiger partial charge < -0.3 is 10.4 Å². The summed E-state index contributed by atoms with van der Waals surface area (Å²) in [6.45, 7) is 5.16. The molecule has 13 heavy (non-hydrogen) atoms. The molecule has 0 saturated carbocycles. The molecule has 4 heteroatoms. The number of hydrogen-bond donors (Lipinski definition) is 2. The van der Waals surface area contributed by atoms with E-state index in [1.54, 1.807) is 17.5 Å². The minimum Gasteiger partial charge on any atom is -0.396 e. The Hall–Kier alpha value is -0.450. The van der Waals surface area contributed by atoms with Gasteiger partial charge in [-0.15, -0.1) is 11.3 Å². The van der Waals surface area contributed by atoms with Crippen LogP contribution in [0.2, 0.25) is 0 Å². The second-order valence-corrected chi connectivity index (χ2v) is 4.62. The van der Waals surface area contributed by atoms with Gasteiger partial charge in [-0.1, -0.05) is 0 Å². The van der Waals surface area contributed by atoms with Gasteiger partial charge in [0.1, 0.15) is 5.01 Å². The highest BCUT2D eigenvalue weighted by atomic mass is 32.1. The fraction of sp³-hybridized carbons (Fsp3) is 0.667. The van der Waals surface area contributed by atoms with Crippen molar-refractivity contribution in [2.45, 2.75) is 32.4 Å². The summed E-state index contributed by atoms with van der Waals surface area (Å²) in [5.74, 6) is 0. The van der Waals surface area contributed by atoms with Crippen LogP contribution in [0.3, 0.4) is 0 Å². The lowest BCUT2D eigenvalue weighted by Gasteiger charge is -2.24.